The number of halogens is 1. The van der Waals surface area contributed by atoms with Crippen LogP contribution in [-0.2, 0) is 5.41 Å². The summed E-state index contributed by atoms with van der Waals surface area (Å²) in [6.07, 6.45) is 0. The Labute approximate surface area is 113 Å². The summed E-state index contributed by atoms with van der Waals surface area (Å²) < 4.78 is 0. The summed E-state index contributed by atoms with van der Waals surface area (Å²) in [5.41, 5.74) is 1.91. The zero-order chi connectivity index (χ0) is 13.3. The molecule has 1 heterocycles. The van der Waals surface area contributed by atoms with Crippen molar-refractivity contribution in [3.8, 4) is 0 Å². The van der Waals surface area contributed by atoms with Gasteiger partial charge in [-0.25, -0.2) is 9.97 Å². The number of nitrogens with zero attached hydrogens (tertiary/aromatic N) is 2. The molecule has 2 rings (SSSR count). The summed E-state index contributed by atoms with van der Waals surface area (Å²) >= 11 is 6.03. The molecule has 0 aliphatic rings. The highest BCUT2D eigenvalue weighted by molar-refractivity contribution is 6.18. The molecule has 18 heavy (non-hydrogen) atoms. The summed E-state index contributed by atoms with van der Waals surface area (Å²) in [7, 11) is 0. The Hall–Kier alpha value is -1.15. The van der Waals surface area contributed by atoms with E-state index in [4.69, 9.17) is 16.6 Å². The van der Waals surface area contributed by atoms with Crippen molar-refractivity contribution in [2.45, 2.75) is 39.0 Å². The largest absolute Gasteiger partial charge is 0.236 e. The van der Waals surface area contributed by atoms with Crippen molar-refractivity contribution in [2.24, 2.45) is 0 Å². The second-order valence-electron chi connectivity index (χ2n) is 5.62. The van der Waals surface area contributed by atoms with Crippen LogP contribution in [0.1, 0.15) is 45.1 Å². The molecule has 1 aromatic heterocycles. The number of hydrogen-bond acceptors (Lipinski definition) is 2. The molecular formula is C15H19ClN2. The number of benzene rings is 1. The Bertz CT molecular complexity index is 561. The van der Waals surface area contributed by atoms with Crippen LogP contribution < -0.4 is 0 Å². The van der Waals surface area contributed by atoms with Crippen molar-refractivity contribution in [1.29, 1.82) is 0 Å². The van der Waals surface area contributed by atoms with Crippen LogP contribution in [0.25, 0.3) is 10.9 Å². The third kappa shape index (κ3) is 2.35. The molecule has 96 valence electrons. The van der Waals surface area contributed by atoms with E-state index in [1.54, 1.807) is 0 Å². The van der Waals surface area contributed by atoms with Gasteiger partial charge in [-0.3, -0.25) is 0 Å². The van der Waals surface area contributed by atoms with Gasteiger partial charge in [0.15, 0.2) is 0 Å². The predicted octanol–water partition coefficient (Wildman–Crippen LogP) is 4.27. The molecule has 0 fully saturated rings. The van der Waals surface area contributed by atoms with Crippen LogP contribution in [0.2, 0.25) is 0 Å². The smallest absolute Gasteiger partial charge is 0.136 e. The Morgan fingerprint density at radius 2 is 1.83 bits per heavy atom. The lowest BCUT2D eigenvalue weighted by Gasteiger charge is -2.22. The van der Waals surface area contributed by atoms with Gasteiger partial charge in [0.25, 0.3) is 0 Å². The molecule has 3 heteroatoms. The molecule has 0 spiro atoms. The fourth-order valence-corrected chi connectivity index (χ4v) is 2.02. The fraction of sp³-hybridized carbons (Fsp3) is 0.467. The lowest BCUT2D eigenvalue weighted by Crippen LogP contribution is -2.23. The molecular weight excluding hydrogens is 244 g/mol. The zero-order valence-electron chi connectivity index (χ0n) is 11.4. The third-order valence-corrected chi connectivity index (χ3v) is 3.79. The minimum atomic E-state index is -0.199. The van der Waals surface area contributed by atoms with E-state index in [9.17, 15) is 0 Å². The quantitative estimate of drug-likeness (QED) is 0.772. The molecule has 1 aromatic carbocycles. The van der Waals surface area contributed by atoms with Crippen LogP contribution in [0, 0.1) is 0 Å². The van der Waals surface area contributed by atoms with Crippen LogP contribution in [0.15, 0.2) is 24.3 Å². The molecule has 0 atom stereocenters. The topological polar surface area (TPSA) is 25.8 Å². The van der Waals surface area contributed by atoms with Gasteiger partial charge in [-0.15, -0.1) is 11.6 Å². The SMILES string of the molecule is CC(C)c1nc(C(C)(C)CCl)nc2ccccc12. The summed E-state index contributed by atoms with van der Waals surface area (Å²) in [6.45, 7) is 8.47. The van der Waals surface area contributed by atoms with Gasteiger partial charge in [0, 0.05) is 16.7 Å². The number of para-hydroxylation sites is 1. The summed E-state index contributed by atoms with van der Waals surface area (Å²) in [5.74, 6) is 1.73. The average Bonchev–Trinajstić information content (AvgIpc) is 2.37. The van der Waals surface area contributed by atoms with Gasteiger partial charge in [-0.05, 0) is 12.0 Å². The monoisotopic (exact) mass is 262 g/mol. The first-order valence-electron chi connectivity index (χ1n) is 6.29. The molecule has 0 unspecified atom stereocenters. The molecule has 0 aliphatic heterocycles. The second kappa shape index (κ2) is 4.85. The molecule has 0 saturated heterocycles. The highest BCUT2D eigenvalue weighted by atomic mass is 35.5. The van der Waals surface area contributed by atoms with E-state index < -0.39 is 0 Å². The summed E-state index contributed by atoms with van der Waals surface area (Å²) in [4.78, 5) is 9.41. The van der Waals surface area contributed by atoms with Gasteiger partial charge in [0.2, 0.25) is 0 Å². The van der Waals surface area contributed by atoms with Crippen LogP contribution in [-0.4, -0.2) is 15.8 Å². The van der Waals surface area contributed by atoms with Crippen molar-refractivity contribution in [2.75, 3.05) is 5.88 Å². The van der Waals surface area contributed by atoms with Crippen molar-refractivity contribution < 1.29 is 0 Å². The average molecular weight is 263 g/mol. The lowest BCUT2D eigenvalue weighted by atomic mass is 9.94. The van der Waals surface area contributed by atoms with Crippen LogP contribution in [0.4, 0.5) is 0 Å². The first-order valence-corrected chi connectivity index (χ1v) is 6.82. The van der Waals surface area contributed by atoms with Gasteiger partial charge >= 0.3 is 0 Å². The molecule has 0 aliphatic carbocycles. The van der Waals surface area contributed by atoms with Gasteiger partial charge in [-0.1, -0.05) is 45.9 Å². The van der Waals surface area contributed by atoms with E-state index in [-0.39, 0.29) is 5.41 Å². The Morgan fingerprint density at radius 3 is 2.44 bits per heavy atom. The lowest BCUT2D eigenvalue weighted by molar-refractivity contribution is 0.549. The highest BCUT2D eigenvalue weighted by Gasteiger charge is 2.24. The molecule has 0 saturated carbocycles. The van der Waals surface area contributed by atoms with E-state index in [1.165, 1.54) is 0 Å². The second-order valence-corrected chi connectivity index (χ2v) is 5.89. The van der Waals surface area contributed by atoms with Gasteiger partial charge in [-0.2, -0.15) is 0 Å². The standard InChI is InChI=1S/C15H19ClN2/c1-10(2)13-11-7-5-6-8-12(11)17-14(18-13)15(3,4)9-16/h5-8,10H,9H2,1-4H3. The van der Waals surface area contributed by atoms with Crippen LogP contribution >= 0.6 is 11.6 Å². The van der Waals surface area contributed by atoms with Crippen molar-refractivity contribution in [3.05, 3.63) is 35.8 Å². The fourth-order valence-electron chi connectivity index (χ4n) is 1.90. The van der Waals surface area contributed by atoms with Crippen molar-refractivity contribution >= 4 is 22.5 Å². The molecule has 0 bridgehead atoms. The number of rotatable bonds is 3. The summed E-state index contributed by atoms with van der Waals surface area (Å²) in [6, 6.07) is 8.17. The first-order chi connectivity index (χ1) is 8.45. The van der Waals surface area contributed by atoms with E-state index in [1.807, 2.05) is 18.2 Å². The van der Waals surface area contributed by atoms with Gasteiger partial charge in [0.1, 0.15) is 5.82 Å². The normalized spacial score (nSPS) is 12.3. The minimum absolute atomic E-state index is 0.199. The first kappa shape index (κ1) is 13.3. The van der Waals surface area contributed by atoms with Gasteiger partial charge in [0.05, 0.1) is 11.2 Å². The highest BCUT2D eigenvalue weighted by Crippen LogP contribution is 2.27. The number of fused-ring (bicyclic) bond motifs is 1. The van der Waals surface area contributed by atoms with Crippen molar-refractivity contribution in [3.63, 3.8) is 0 Å². The van der Waals surface area contributed by atoms with Gasteiger partial charge < -0.3 is 0 Å². The van der Waals surface area contributed by atoms with Crippen molar-refractivity contribution in [1.82, 2.24) is 9.97 Å². The third-order valence-electron chi connectivity index (χ3n) is 3.12. The molecule has 2 nitrogen and oxygen atoms in total. The molecule has 0 N–H and O–H groups in total. The van der Waals surface area contributed by atoms with E-state index in [0.29, 0.717) is 11.8 Å². The van der Waals surface area contributed by atoms with Crippen LogP contribution in [0.3, 0.4) is 0 Å². The number of alkyl halides is 1. The number of hydrogen-bond donors (Lipinski definition) is 0. The predicted molar refractivity (Wildman–Crippen MR) is 77.4 cm³/mol. The number of aromatic nitrogens is 2. The van der Waals surface area contributed by atoms with E-state index >= 15 is 0 Å². The molecule has 0 amide bonds. The molecule has 0 radical (unpaired) electrons. The zero-order valence-corrected chi connectivity index (χ0v) is 12.1. The Kier molecular flexibility index (Phi) is 3.58. The van der Waals surface area contributed by atoms with E-state index in [0.717, 1.165) is 22.4 Å². The maximum absolute atomic E-state index is 6.03. The Balaban J connectivity index is 2.72. The minimum Gasteiger partial charge on any atom is -0.236 e. The maximum atomic E-state index is 6.03. The van der Waals surface area contributed by atoms with Crippen LogP contribution in [0.5, 0.6) is 0 Å². The summed E-state index contributed by atoms with van der Waals surface area (Å²) in [5, 5.41) is 1.14. The Morgan fingerprint density at radius 1 is 1.17 bits per heavy atom. The van der Waals surface area contributed by atoms with E-state index in [2.05, 4.69) is 38.7 Å². The maximum Gasteiger partial charge on any atom is 0.136 e. The molecule has 2 aromatic rings.